The van der Waals surface area contributed by atoms with E-state index in [2.05, 4.69) is 29.0 Å². The van der Waals surface area contributed by atoms with Gasteiger partial charge in [-0.3, -0.25) is 15.1 Å². The number of nitrogens with two attached hydrogens (primary N) is 1. The Morgan fingerprint density at radius 3 is 2.74 bits per heavy atom. The number of rotatable bonds is 6. The first-order chi connectivity index (χ1) is 13.2. The van der Waals surface area contributed by atoms with Gasteiger partial charge in [-0.15, -0.1) is 11.3 Å². The number of hydroxylamine groups is 1. The third kappa shape index (κ3) is 4.02. The molecular formula is C21H19N3O2S. The van der Waals surface area contributed by atoms with Gasteiger partial charge in [0, 0.05) is 17.0 Å². The van der Waals surface area contributed by atoms with Crippen LogP contribution in [0, 0.1) is 0 Å². The summed E-state index contributed by atoms with van der Waals surface area (Å²) >= 11 is 1.40. The Labute approximate surface area is 161 Å². The quantitative estimate of drug-likeness (QED) is 0.444. The van der Waals surface area contributed by atoms with E-state index in [0.29, 0.717) is 22.9 Å². The maximum atomic E-state index is 12.4. The largest absolute Gasteiger partial charge is 0.397 e. The highest BCUT2D eigenvalue weighted by Crippen LogP contribution is 2.24. The number of anilines is 2. The Morgan fingerprint density at radius 1 is 1.07 bits per heavy atom. The predicted molar refractivity (Wildman–Crippen MR) is 109 cm³/mol. The third-order valence-corrected chi connectivity index (χ3v) is 5.34. The second kappa shape index (κ2) is 7.65. The van der Waals surface area contributed by atoms with E-state index in [-0.39, 0.29) is 5.91 Å². The van der Waals surface area contributed by atoms with Crippen LogP contribution < -0.4 is 16.5 Å². The maximum Gasteiger partial charge on any atom is 0.265 e. The van der Waals surface area contributed by atoms with E-state index in [9.17, 15) is 4.79 Å². The van der Waals surface area contributed by atoms with Crippen molar-refractivity contribution in [1.29, 1.82) is 0 Å². The number of thiophene rings is 1. The van der Waals surface area contributed by atoms with E-state index in [1.165, 1.54) is 22.5 Å². The smallest absolute Gasteiger partial charge is 0.265 e. The summed E-state index contributed by atoms with van der Waals surface area (Å²) < 4.78 is 0. The number of amides is 1. The summed E-state index contributed by atoms with van der Waals surface area (Å²) in [6.07, 6.45) is 2.93. The first-order valence-corrected chi connectivity index (χ1v) is 9.41. The van der Waals surface area contributed by atoms with Crippen molar-refractivity contribution < 1.29 is 9.63 Å². The standard InChI is InChI=1S/C21H19N3O2S/c22-18-7-3-4-8-19(18)23-21(25)20-10-9-17(27-20)13-26-24-16-11-14-5-1-2-6-15(14)12-16/h1-11,24H,12-13,22H2,(H,23,25). The number of benzene rings is 2. The number of nitrogens with one attached hydrogen (secondary N) is 2. The number of carbonyl (C=O) groups excluding carboxylic acids is 1. The third-order valence-electron chi connectivity index (χ3n) is 4.28. The van der Waals surface area contributed by atoms with Crippen LogP contribution >= 0.6 is 11.3 Å². The lowest BCUT2D eigenvalue weighted by atomic mass is 10.1. The van der Waals surface area contributed by atoms with Gasteiger partial charge in [0.2, 0.25) is 0 Å². The first kappa shape index (κ1) is 17.3. The van der Waals surface area contributed by atoms with E-state index in [1.807, 2.05) is 30.3 Å². The van der Waals surface area contributed by atoms with Crippen molar-refractivity contribution in [2.24, 2.45) is 0 Å². The van der Waals surface area contributed by atoms with Gasteiger partial charge in [0.15, 0.2) is 0 Å². The molecule has 1 aliphatic rings. The van der Waals surface area contributed by atoms with Crippen LogP contribution in [-0.4, -0.2) is 5.91 Å². The van der Waals surface area contributed by atoms with Crippen LogP contribution in [-0.2, 0) is 17.9 Å². The molecule has 1 aromatic heterocycles. The first-order valence-electron chi connectivity index (χ1n) is 8.60. The minimum Gasteiger partial charge on any atom is -0.397 e. The van der Waals surface area contributed by atoms with Gasteiger partial charge in [0.1, 0.15) is 6.61 Å². The molecule has 5 nitrogen and oxygen atoms in total. The second-order valence-electron chi connectivity index (χ2n) is 6.24. The zero-order chi connectivity index (χ0) is 18.6. The molecule has 3 aromatic rings. The number of nitrogen functional groups attached to an aromatic ring is 1. The average molecular weight is 377 g/mol. The Bertz CT molecular complexity index is 1010. The molecule has 4 rings (SSSR count). The average Bonchev–Trinajstić information content (AvgIpc) is 3.30. The van der Waals surface area contributed by atoms with Crippen LogP contribution in [0.1, 0.15) is 25.7 Å². The summed E-state index contributed by atoms with van der Waals surface area (Å²) in [4.78, 5) is 19.6. The lowest BCUT2D eigenvalue weighted by Crippen LogP contribution is -2.13. The molecule has 0 radical (unpaired) electrons. The summed E-state index contributed by atoms with van der Waals surface area (Å²) in [5.41, 5.74) is 13.6. The highest BCUT2D eigenvalue weighted by molar-refractivity contribution is 7.14. The molecule has 0 unspecified atom stereocenters. The van der Waals surface area contributed by atoms with Crippen molar-refractivity contribution in [3.8, 4) is 0 Å². The number of fused-ring (bicyclic) bond motifs is 1. The molecule has 0 spiro atoms. The van der Waals surface area contributed by atoms with Crippen LogP contribution in [0.25, 0.3) is 6.08 Å². The molecule has 2 aromatic carbocycles. The Kier molecular flexibility index (Phi) is 4.91. The fourth-order valence-electron chi connectivity index (χ4n) is 2.92. The highest BCUT2D eigenvalue weighted by atomic mass is 32.1. The van der Waals surface area contributed by atoms with Crippen LogP contribution in [0.15, 0.2) is 66.4 Å². The van der Waals surface area contributed by atoms with Gasteiger partial charge in [-0.1, -0.05) is 36.4 Å². The Hall–Kier alpha value is -3.09. The van der Waals surface area contributed by atoms with E-state index in [4.69, 9.17) is 10.6 Å². The number of allylic oxidation sites excluding steroid dienone is 1. The predicted octanol–water partition coefficient (Wildman–Crippen LogP) is 4.20. The molecule has 27 heavy (non-hydrogen) atoms. The second-order valence-corrected chi connectivity index (χ2v) is 7.41. The van der Waals surface area contributed by atoms with Crippen molar-refractivity contribution in [3.05, 3.63) is 87.2 Å². The summed E-state index contributed by atoms with van der Waals surface area (Å²) in [6, 6.07) is 19.2. The van der Waals surface area contributed by atoms with Crippen molar-refractivity contribution >= 4 is 34.7 Å². The molecule has 0 aliphatic heterocycles. The molecule has 1 aliphatic carbocycles. The molecule has 1 amide bonds. The number of carbonyl (C=O) groups is 1. The normalized spacial score (nSPS) is 12.4. The van der Waals surface area contributed by atoms with Crippen molar-refractivity contribution in [3.63, 3.8) is 0 Å². The fourth-order valence-corrected chi connectivity index (χ4v) is 3.73. The zero-order valence-corrected chi connectivity index (χ0v) is 15.4. The van der Waals surface area contributed by atoms with Gasteiger partial charge in [-0.25, -0.2) is 0 Å². The lowest BCUT2D eigenvalue weighted by Gasteiger charge is -2.07. The van der Waals surface area contributed by atoms with Gasteiger partial charge in [-0.2, -0.15) is 0 Å². The van der Waals surface area contributed by atoms with Crippen molar-refractivity contribution in [1.82, 2.24) is 5.48 Å². The Balaban J connectivity index is 1.30. The summed E-state index contributed by atoms with van der Waals surface area (Å²) in [7, 11) is 0. The molecule has 4 N–H and O–H groups in total. The number of para-hydroxylation sites is 2. The summed E-state index contributed by atoms with van der Waals surface area (Å²) in [5.74, 6) is -0.175. The van der Waals surface area contributed by atoms with E-state index in [0.717, 1.165) is 17.0 Å². The lowest BCUT2D eigenvalue weighted by molar-refractivity contribution is 0.0505. The molecule has 0 atom stereocenters. The minimum absolute atomic E-state index is 0.175. The van der Waals surface area contributed by atoms with Crippen LogP contribution in [0.2, 0.25) is 0 Å². The van der Waals surface area contributed by atoms with Gasteiger partial charge in [0.05, 0.1) is 16.3 Å². The monoisotopic (exact) mass is 377 g/mol. The number of hydrogen-bond acceptors (Lipinski definition) is 5. The van der Waals surface area contributed by atoms with Gasteiger partial charge < -0.3 is 11.1 Å². The maximum absolute atomic E-state index is 12.4. The molecule has 0 saturated carbocycles. The molecule has 0 fully saturated rings. The van der Waals surface area contributed by atoms with Crippen molar-refractivity contribution in [2.45, 2.75) is 13.0 Å². The molecule has 1 heterocycles. The zero-order valence-electron chi connectivity index (χ0n) is 14.6. The Morgan fingerprint density at radius 2 is 1.89 bits per heavy atom. The van der Waals surface area contributed by atoms with Crippen LogP contribution in [0.4, 0.5) is 11.4 Å². The van der Waals surface area contributed by atoms with Crippen LogP contribution in [0.3, 0.4) is 0 Å². The molecular weight excluding hydrogens is 358 g/mol. The molecule has 0 bridgehead atoms. The molecule has 136 valence electrons. The van der Waals surface area contributed by atoms with Gasteiger partial charge in [-0.05, 0) is 41.5 Å². The van der Waals surface area contributed by atoms with E-state index < -0.39 is 0 Å². The van der Waals surface area contributed by atoms with Crippen LogP contribution in [0.5, 0.6) is 0 Å². The van der Waals surface area contributed by atoms with E-state index >= 15 is 0 Å². The fraction of sp³-hybridized carbons (Fsp3) is 0.0952. The van der Waals surface area contributed by atoms with Gasteiger partial charge >= 0.3 is 0 Å². The van der Waals surface area contributed by atoms with Gasteiger partial charge in [0.25, 0.3) is 5.91 Å². The highest BCUT2D eigenvalue weighted by Gasteiger charge is 2.13. The topological polar surface area (TPSA) is 76.4 Å². The molecule has 0 saturated heterocycles. The number of hydrogen-bond donors (Lipinski definition) is 3. The minimum atomic E-state index is -0.175. The summed E-state index contributed by atoms with van der Waals surface area (Å²) in [6.45, 7) is 0.388. The SMILES string of the molecule is Nc1ccccc1NC(=O)c1ccc(CONC2=Cc3ccccc3C2)s1. The van der Waals surface area contributed by atoms with E-state index in [1.54, 1.807) is 18.2 Å². The summed E-state index contributed by atoms with van der Waals surface area (Å²) in [5, 5.41) is 2.83. The van der Waals surface area contributed by atoms with Crippen molar-refractivity contribution in [2.75, 3.05) is 11.1 Å². The molecule has 6 heteroatoms.